The van der Waals surface area contributed by atoms with Crippen LogP contribution < -0.4 is 5.73 Å². The van der Waals surface area contributed by atoms with Crippen molar-refractivity contribution in [1.82, 2.24) is 4.90 Å². The van der Waals surface area contributed by atoms with Crippen LogP contribution in [0.5, 0.6) is 0 Å². The van der Waals surface area contributed by atoms with Crippen LogP contribution in [0.1, 0.15) is 59.3 Å². The molecule has 0 aromatic heterocycles. The molecule has 0 bridgehead atoms. The molecule has 0 radical (unpaired) electrons. The van der Waals surface area contributed by atoms with Gasteiger partial charge in [-0.15, -0.1) is 0 Å². The van der Waals surface area contributed by atoms with Gasteiger partial charge in [-0.3, -0.25) is 4.79 Å². The van der Waals surface area contributed by atoms with Gasteiger partial charge in [-0.2, -0.15) is 0 Å². The maximum Gasteiger partial charge on any atom is 0.227 e. The molecule has 1 saturated carbocycles. The minimum absolute atomic E-state index is 0.0907. The van der Waals surface area contributed by atoms with Crippen LogP contribution in [-0.4, -0.2) is 42.1 Å². The molecule has 2 N–H and O–H groups in total. The van der Waals surface area contributed by atoms with Crippen LogP contribution in [0, 0.1) is 11.8 Å². The van der Waals surface area contributed by atoms with Crippen molar-refractivity contribution in [2.75, 3.05) is 13.2 Å². The summed E-state index contributed by atoms with van der Waals surface area (Å²) in [4.78, 5) is 15.0. The second kappa shape index (κ2) is 7.59. The van der Waals surface area contributed by atoms with Crippen molar-refractivity contribution in [2.45, 2.75) is 77.5 Å². The minimum atomic E-state index is -0.106. The summed E-state index contributed by atoms with van der Waals surface area (Å²) in [6, 6.07) is 0.297. The summed E-state index contributed by atoms with van der Waals surface area (Å²) in [5.74, 6) is 0.914. The highest BCUT2D eigenvalue weighted by Crippen LogP contribution is 2.29. The number of nitrogens with two attached hydrogens (primary N) is 1. The Morgan fingerprint density at radius 1 is 1.24 bits per heavy atom. The van der Waals surface area contributed by atoms with Gasteiger partial charge in [0.2, 0.25) is 5.91 Å². The van der Waals surface area contributed by atoms with Gasteiger partial charge in [0, 0.05) is 25.2 Å². The van der Waals surface area contributed by atoms with Crippen LogP contribution in [-0.2, 0) is 9.53 Å². The molecule has 1 amide bonds. The molecular formula is C17H32N2O2. The largest absolute Gasteiger partial charge is 0.376 e. The van der Waals surface area contributed by atoms with Crippen molar-refractivity contribution in [3.8, 4) is 0 Å². The molecule has 0 aromatic carbocycles. The van der Waals surface area contributed by atoms with Crippen LogP contribution in [0.4, 0.5) is 0 Å². The zero-order valence-corrected chi connectivity index (χ0v) is 13.9. The molecule has 1 aliphatic carbocycles. The fourth-order valence-electron chi connectivity index (χ4n) is 3.47. The fourth-order valence-corrected chi connectivity index (χ4v) is 3.47. The topological polar surface area (TPSA) is 55.6 Å². The van der Waals surface area contributed by atoms with Crippen LogP contribution >= 0.6 is 0 Å². The highest BCUT2D eigenvalue weighted by molar-refractivity contribution is 5.79. The summed E-state index contributed by atoms with van der Waals surface area (Å²) in [5, 5.41) is 0. The fraction of sp³-hybridized carbons (Fsp3) is 0.941. The smallest absolute Gasteiger partial charge is 0.227 e. The van der Waals surface area contributed by atoms with Gasteiger partial charge in [-0.1, -0.05) is 13.8 Å². The molecule has 0 aromatic rings. The van der Waals surface area contributed by atoms with Crippen LogP contribution in [0.25, 0.3) is 0 Å². The van der Waals surface area contributed by atoms with Gasteiger partial charge < -0.3 is 15.4 Å². The molecule has 1 aliphatic heterocycles. The summed E-state index contributed by atoms with van der Waals surface area (Å²) >= 11 is 0. The van der Waals surface area contributed by atoms with E-state index in [4.69, 9.17) is 10.5 Å². The van der Waals surface area contributed by atoms with Crippen LogP contribution in [0.15, 0.2) is 0 Å². The Kier molecular flexibility index (Phi) is 6.06. The predicted octanol–water partition coefficient (Wildman–Crippen LogP) is 2.56. The van der Waals surface area contributed by atoms with Gasteiger partial charge in [0.15, 0.2) is 0 Å². The van der Waals surface area contributed by atoms with E-state index in [1.807, 2.05) is 13.8 Å². The Morgan fingerprint density at radius 3 is 2.43 bits per heavy atom. The van der Waals surface area contributed by atoms with E-state index in [1.54, 1.807) is 0 Å². The second-order valence-corrected chi connectivity index (χ2v) is 7.19. The first-order chi connectivity index (χ1) is 9.99. The van der Waals surface area contributed by atoms with E-state index < -0.39 is 0 Å². The molecule has 4 heteroatoms. The van der Waals surface area contributed by atoms with E-state index in [0.29, 0.717) is 6.04 Å². The molecule has 21 heavy (non-hydrogen) atoms. The number of carbonyl (C=O) groups excluding carboxylic acids is 1. The monoisotopic (exact) mass is 296 g/mol. The van der Waals surface area contributed by atoms with Gasteiger partial charge >= 0.3 is 0 Å². The molecule has 122 valence electrons. The third-order valence-electron chi connectivity index (χ3n) is 5.31. The number of carbonyl (C=O) groups is 1. The maximum absolute atomic E-state index is 12.8. The highest BCUT2D eigenvalue weighted by Gasteiger charge is 2.33. The van der Waals surface area contributed by atoms with E-state index in [9.17, 15) is 4.79 Å². The normalized spacial score (nSPS) is 32.7. The number of hydrogen-bond acceptors (Lipinski definition) is 3. The molecule has 1 saturated heterocycles. The van der Waals surface area contributed by atoms with Crippen molar-refractivity contribution in [1.29, 1.82) is 0 Å². The Bertz CT molecular complexity index is 332. The van der Waals surface area contributed by atoms with E-state index in [-0.39, 0.29) is 24.0 Å². The SMILES string of the molecule is CC1CCC(N(CC2CCCO2)C(=O)C(C)C(C)N)CC1. The first-order valence-electron chi connectivity index (χ1n) is 8.66. The summed E-state index contributed by atoms with van der Waals surface area (Å²) < 4.78 is 5.76. The van der Waals surface area contributed by atoms with Gasteiger partial charge in [0.25, 0.3) is 0 Å². The molecule has 4 nitrogen and oxygen atoms in total. The first kappa shape index (κ1) is 16.8. The molecule has 1 heterocycles. The number of hydrogen-bond donors (Lipinski definition) is 1. The Labute approximate surface area is 129 Å². The van der Waals surface area contributed by atoms with Crippen LogP contribution in [0.2, 0.25) is 0 Å². The third kappa shape index (κ3) is 4.43. The molecule has 3 atom stereocenters. The summed E-state index contributed by atoms with van der Waals surface area (Å²) in [6.45, 7) is 7.80. The average Bonchev–Trinajstić information content (AvgIpc) is 2.97. The average molecular weight is 296 g/mol. The molecule has 2 rings (SSSR count). The Morgan fingerprint density at radius 2 is 1.90 bits per heavy atom. The number of ether oxygens (including phenoxy) is 1. The number of amides is 1. The molecule has 3 unspecified atom stereocenters. The first-order valence-corrected chi connectivity index (χ1v) is 8.66. The third-order valence-corrected chi connectivity index (χ3v) is 5.31. The van der Waals surface area contributed by atoms with E-state index in [0.717, 1.165) is 44.8 Å². The van der Waals surface area contributed by atoms with Gasteiger partial charge in [0.1, 0.15) is 0 Å². The quantitative estimate of drug-likeness (QED) is 0.848. The second-order valence-electron chi connectivity index (χ2n) is 7.19. The number of rotatable bonds is 5. The van der Waals surface area contributed by atoms with Crippen molar-refractivity contribution < 1.29 is 9.53 Å². The minimum Gasteiger partial charge on any atom is -0.376 e. The standard InChI is InChI=1S/C17H32N2O2/c1-12-6-8-15(9-7-12)19(11-16-5-4-10-21-16)17(20)13(2)14(3)18/h12-16H,4-11,18H2,1-3H3. The lowest BCUT2D eigenvalue weighted by molar-refractivity contribution is -0.140. The van der Waals surface area contributed by atoms with Gasteiger partial charge in [-0.05, 0) is 51.4 Å². The van der Waals surface area contributed by atoms with Crippen molar-refractivity contribution in [2.24, 2.45) is 17.6 Å². The summed E-state index contributed by atoms with van der Waals surface area (Å²) in [7, 11) is 0. The number of nitrogens with zero attached hydrogens (tertiary/aromatic N) is 1. The summed E-state index contributed by atoms with van der Waals surface area (Å²) in [6.07, 6.45) is 7.15. The lowest BCUT2D eigenvalue weighted by Gasteiger charge is -2.39. The highest BCUT2D eigenvalue weighted by atomic mass is 16.5. The Balaban J connectivity index is 2.03. The van der Waals surface area contributed by atoms with Gasteiger partial charge in [0.05, 0.1) is 12.0 Å². The lowest BCUT2D eigenvalue weighted by Crippen LogP contribution is -2.50. The molecule has 2 fully saturated rings. The van der Waals surface area contributed by atoms with Crippen molar-refractivity contribution in [3.05, 3.63) is 0 Å². The molecular weight excluding hydrogens is 264 g/mol. The maximum atomic E-state index is 12.8. The lowest BCUT2D eigenvalue weighted by atomic mass is 9.85. The van der Waals surface area contributed by atoms with E-state index in [2.05, 4.69) is 11.8 Å². The van der Waals surface area contributed by atoms with Crippen molar-refractivity contribution >= 4 is 5.91 Å². The van der Waals surface area contributed by atoms with E-state index in [1.165, 1.54) is 12.8 Å². The van der Waals surface area contributed by atoms with E-state index >= 15 is 0 Å². The van der Waals surface area contributed by atoms with Crippen molar-refractivity contribution in [3.63, 3.8) is 0 Å². The van der Waals surface area contributed by atoms with Crippen LogP contribution in [0.3, 0.4) is 0 Å². The Hall–Kier alpha value is -0.610. The molecule has 2 aliphatic rings. The zero-order valence-electron chi connectivity index (χ0n) is 13.9. The predicted molar refractivity (Wildman–Crippen MR) is 84.9 cm³/mol. The van der Waals surface area contributed by atoms with Gasteiger partial charge in [-0.25, -0.2) is 0 Å². The molecule has 0 spiro atoms. The summed E-state index contributed by atoms with van der Waals surface area (Å²) in [5.41, 5.74) is 5.96. The zero-order chi connectivity index (χ0) is 15.4.